The lowest BCUT2D eigenvalue weighted by Crippen LogP contribution is -2.38. The van der Waals surface area contributed by atoms with Crippen LogP contribution in [-0.2, 0) is 12.8 Å². The number of carbonyl (C=O) groups excluding carboxylic acids is 1. The normalized spacial score (nSPS) is 22.2. The molecular weight excluding hydrogens is 435 g/mol. The van der Waals surface area contributed by atoms with Gasteiger partial charge in [0, 0.05) is 4.88 Å². The van der Waals surface area contributed by atoms with Crippen molar-refractivity contribution >= 4 is 44.8 Å². The van der Waals surface area contributed by atoms with Crippen molar-refractivity contribution in [3.8, 4) is 5.75 Å². The van der Waals surface area contributed by atoms with E-state index >= 15 is 0 Å². The molecule has 2 atom stereocenters. The van der Waals surface area contributed by atoms with E-state index in [0.717, 1.165) is 38.3 Å². The van der Waals surface area contributed by atoms with E-state index in [4.69, 9.17) is 4.74 Å². The number of hydrogen-bond donors (Lipinski definition) is 2. The van der Waals surface area contributed by atoms with Gasteiger partial charge in [0.15, 0.2) is 0 Å². The molecule has 2 heterocycles. The Morgan fingerprint density at radius 3 is 2.92 bits per heavy atom. The molecule has 2 N–H and O–H groups in total. The minimum atomic E-state index is -0.193. The highest BCUT2D eigenvalue weighted by Gasteiger charge is 2.33. The third kappa shape index (κ3) is 2.69. The van der Waals surface area contributed by atoms with E-state index < -0.39 is 0 Å². The van der Waals surface area contributed by atoms with Crippen molar-refractivity contribution < 1.29 is 9.53 Å². The number of nitrogens with one attached hydrogen (secondary N) is 2. The summed E-state index contributed by atoms with van der Waals surface area (Å²) >= 11 is 4.01. The molecule has 1 aromatic carbocycles. The maximum absolute atomic E-state index is 12.7. The van der Waals surface area contributed by atoms with Crippen LogP contribution in [0.3, 0.4) is 0 Å². The number of benzene rings is 1. The predicted octanol–water partition coefficient (Wildman–Crippen LogP) is 4.34. The van der Waals surface area contributed by atoms with Gasteiger partial charge < -0.3 is 15.4 Å². The van der Waals surface area contributed by atoms with E-state index in [1.165, 1.54) is 16.9 Å². The van der Waals surface area contributed by atoms with Crippen molar-refractivity contribution in [2.45, 2.75) is 32.4 Å². The number of ether oxygens (including phenoxy) is 1. The fraction of sp³-hybridized carbons (Fsp3) is 0.389. The Labute approximate surface area is 159 Å². The quantitative estimate of drug-likeness (QED) is 0.664. The Balaban J connectivity index is 1.67. The molecule has 6 heteroatoms. The molecule has 2 aromatic rings. The Morgan fingerprint density at radius 2 is 2.17 bits per heavy atom. The fourth-order valence-electron chi connectivity index (χ4n) is 3.49. The van der Waals surface area contributed by atoms with Crippen LogP contribution < -0.4 is 15.4 Å². The second-order valence-corrected chi connectivity index (χ2v) is 8.77. The molecule has 0 unspecified atom stereocenters. The van der Waals surface area contributed by atoms with Gasteiger partial charge in [0.25, 0.3) is 5.91 Å². The first kappa shape index (κ1) is 16.2. The number of thiophene rings is 1. The van der Waals surface area contributed by atoms with Gasteiger partial charge in [0.05, 0.1) is 16.2 Å². The summed E-state index contributed by atoms with van der Waals surface area (Å²) in [7, 11) is 1.67. The molecule has 1 amide bonds. The summed E-state index contributed by atoms with van der Waals surface area (Å²) in [6.45, 7) is 2.29. The number of amides is 1. The van der Waals surface area contributed by atoms with Crippen LogP contribution in [0.4, 0.5) is 5.00 Å². The molecule has 1 aliphatic carbocycles. The van der Waals surface area contributed by atoms with Crippen molar-refractivity contribution in [3.63, 3.8) is 0 Å². The Kier molecular flexibility index (Phi) is 4.20. The monoisotopic (exact) mass is 454 g/mol. The van der Waals surface area contributed by atoms with Gasteiger partial charge in [-0.25, -0.2) is 0 Å². The van der Waals surface area contributed by atoms with Crippen molar-refractivity contribution in [1.82, 2.24) is 5.32 Å². The molecule has 24 heavy (non-hydrogen) atoms. The van der Waals surface area contributed by atoms with Crippen molar-refractivity contribution in [3.05, 3.63) is 43.3 Å². The summed E-state index contributed by atoms with van der Waals surface area (Å²) in [6, 6.07) is 6.00. The molecule has 0 bridgehead atoms. The molecular formula is C18H19IN2O2S. The minimum Gasteiger partial charge on any atom is -0.496 e. The van der Waals surface area contributed by atoms with Gasteiger partial charge in [-0.05, 0) is 71.0 Å². The van der Waals surface area contributed by atoms with Crippen LogP contribution in [0.5, 0.6) is 5.75 Å². The maximum Gasteiger partial charge on any atom is 0.256 e. The molecule has 0 fully saturated rings. The summed E-state index contributed by atoms with van der Waals surface area (Å²) in [5.41, 5.74) is 3.18. The van der Waals surface area contributed by atoms with Crippen molar-refractivity contribution in [1.29, 1.82) is 0 Å². The van der Waals surface area contributed by atoms with E-state index in [2.05, 4.69) is 46.2 Å². The van der Waals surface area contributed by atoms with Crippen LogP contribution >= 0.6 is 33.9 Å². The number of anilines is 1. The second-order valence-electron chi connectivity index (χ2n) is 6.50. The van der Waals surface area contributed by atoms with Crippen molar-refractivity contribution in [2.75, 3.05) is 12.4 Å². The standard InChI is InChI=1S/C18H19IN2O2S/c1-9-3-5-11-14(7-9)24-18-15(11)17(22)20-16(21-18)10-4-6-13(23-2)12(19)8-10/h4,6,8-9,16,21H,3,5,7H2,1-2H3,(H,20,22)/t9-,16-/m1/s1. The van der Waals surface area contributed by atoms with Gasteiger partial charge in [-0.3, -0.25) is 4.79 Å². The zero-order valence-electron chi connectivity index (χ0n) is 13.6. The number of fused-ring (bicyclic) bond motifs is 3. The Bertz CT molecular complexity index is 818. The second kappa shape index (κ2) is 6.22. The average Bonchev–Trinajstić information content (AvgIpc) is 2.92. The summed E-state index contributed by atoms with van der Waals surface area (Å²) in [4.78, 5) is 14.1. The van der Waals surface area contributed by atoms with Gasteiger partial charge in [-0.15, -0.1) is 11.3 Å². The molecule has 2 aliphatic rings. The average molecular weight is 454 g/mol. The topological polar surface area (TPSA) is 50.4 Å². The highest BCUT2D eigenvalue weighted by molar-refractivity contribution is 14.1. The zero-order chi connectivity index (χ0) is 16.8. The first-order valence-corrected chi connectivity index (χ1v) is 10.0. The molecule has 1 aliphatic heterocycles. The smallest absolute Gasteiger partial charge is 0.256 e. The third-order valence-electron chi connectivity index (χ3n) is 4.80. The third-order valence-corrected chi connectivity index (χ3v) is 6.83. The van der Waals surface area contributed by atoms with Crippen LogP contribution in [0.1, 0.15) is 45.9 Å². The molecule has 126 valence electrons. The molecule has 4 nitrogen and oxygen atoms in total. The van der Waals surface area contributed by atoms with Gasteiger partial charge in [-0.1, -0.05) is 13.0 Å². The zero-order valence-corrected chi connectivity index (χ0v) is 16.6. The largest absolute Gasteiger partial charge is 0.496 e. The summed E-state index contributed by atoms with van der Waals surface area (Å²) in [5, 5.41) is 7.66. The molecule has 0 saturated heterocycles. The van der Waals surface area contributed by atoms with Crippen LogP contribution in [0.25, 0.3) is 0 Å². The summed E-state index contributed by atoms with van der Waals surface area (Å²) < 4.78 is 6.35. The Morgan fingerprint density at radius 1 is 1.33 bits per heavy atom. The lowest BCUT2D eigenvalue weighted by atomic mass is 9.88. The summed E-state index contributed by atoms with van der Waals surface area (Å²) in [6.07, 6.45) is 3.08. The SMILES string of the molecule is COc1ccc([C@@H]2NC(=O)c3c(sc4c3CC[C@@H](C)C4)N2)cc1I. The number of hydrogen-bond acceptors (Lipinski definition) is 4. The first-order chi connectivity index (χ1) is 11.6. The lowest BCUT2D eigenvalue weighted by Gasteiger charge is -2.27. The highest BCUT2D eigenvalue weighted by atomic mass is 127. The van der Waals surface area contributed by atoms with Gasteiger partial charge >= 0.3 is 0 Å². The molecule has 4 rings (SSSR count). The van der Waals surface area contributed by atoms with Crippen molar-refractivity contribution in [2.24, 2.45) is 5.92 Å². The maximum atomic E-state index is 12.7. The molecule has 0 spiro atoms. The van der Waals surface area contributed by atoms with Crippen LogP contribution in [0, 0.1) is 9.49 Å². The first-order valence-electron chi connectivity index (χ1n) is 8.12. The van der Waals surface area contributed by atoms with E-state index in [0.29, 0.717) is 5.92 Å². The molecule has 0 saturated carbocycles. The number of rotatable bonds is 2. The highest BCUT2D eigenvalue weighted by Crippen LogP contribution is 2.42. The van der Waals surface area contributed by atoms with Gasteiger partial charge in [0.2, 0.25) is 0 Å². The van der Waals surface area contributed by atoms with E-state index in [1.54, 1.807) is 18.4 Å². The van der Waals surface area contributed by atoms with E-state index in [-0.39, 0.29) is 12.1 Å². The number of carbonyl (C=O) groups is 1. The van der Waals surface area contributed by atoms with Crippen LogP contribution in [0.15, 0.2) is 18.2 Å². The minimum absolute atomic E-state index is 0.0478. The summed E-state index contributed by atoms with van der Waals surface area (Å²) in [5.74, 6) is 1.61. The number of halogens is 1. The molecule has 1 aromatic heterocycles. The fourth-order valence-corrected chi connectivity index (χ4v) is 5.69. The van der Waals surface area contributed by atoms with E-state index in [1.807, 2.05) is 12.1 Å². The van der Waals surface area contributed by atoms with E-state index in [9.17, 15) is 4.79 Å². The predicted molar refractivity (Wildman–Crippen MR) is 105 cm³/mol. The van der Waals surface area contributed by atoms with Crippen LogP contribution in [-0.4, -0.2) is 13.0 Å². The Hall–Kier alpha value is -1.28. The molecule has 0 radical (unpaired) electrons. The van der Waals surface area contributed by atoms with Gasteiger partial charge in [-0.2, -0.15) is 0 Å². The lowest BCUT2D eigenvalue weighted by molar-refractivity contribution is 0.0935. The van der Waals surface area contributed by atoms with Crippen LogP contribution in [0.2, 0.25) is 0 Å². The number of methoxy groups -OCH3 is 1. The van der Waals surface area contributed by atoms with Gasteiger partial charge in [0.1, 0.15) is 16.9 Å².